The van der Waals surface area contributed by atoms with Gasteiger partial charge >= 0.3 is 6.18 Å². The lowest BCUT2D eigenvalue weighted by molar-refractivity contribution is -0.146. The van der Waals surface area contributed by atoms with Crippen LogP contribution in [-0.4, -0.2) is 38.7 Å². The monoisotopic (exact) mass is 417 g/mol. The third-order valence-corrected chi connectivity index (χ3v) is 5.82. The zero-order valence-corrected chi connectivity index (χ0v) is 17.0. The van der Waals surface area contributed by atoms with Crippen LogP contribution >= 0.6 is 0 Å². The highest BCUT2D eigenvalue weighted by Crippen LogP contribution is 2.32. The molecule has 3 heterocycles. The number of fused-ring (bicyclic) bond motifs is 1. The van der Waals surface area contributed by atoms with E-state index in [0.717, 1.165) is 15.6 Å². The second-order valence-electron chi connectivity index (χ2n) is 7.82. The molecule has 0 aliphatic carbocycles. The fraction of sp³-hybridized carbons (Fsp3) is 0.429. The van der Waals surface area contributed by atoms with Crippen molar-refractivity contribution in [2.24, 2.45) is 5.92 Å². The summed E-state index contributed by atoms with van der Waals surface area (Å²) < 4.78 is 40.6. The Labute approximate surface area is 171 Å². The van der Waals surface area contributed by atoms with E-state index in [1.165, 1.54) is 0 Å². The minimum Gasteiger partial charge on any atom is -0.355 e. The first-order valence-corrected chi connectivity index (χ1v) is 9.82. The molecule has 9 heteroatoms. The van der Waals surface area contributed by atoms with E-state index in [1.54, 1.807) is 6.92 Å². The topological polar surface area (TPSA) is 63.4 Å². The maximum atomic E-state index is 13.3. The highest BCUT2D eigenvalue weighted by molar-refractivity contribution is 5.98. The van der Waals surface area contributed by atoms with Crippen molar-refractivity contribution >= 4 is 17.2 Å². The number of ketones is 1. The van der Waals surface area contributed by atoms with E-state index in [4.69, 9.17) is 0 Å². The van der Waals surface area contributed by atoms with Crippen LogP contribution in [0.15, 0.2) is 24.3 Å². The number of nitrogens with zero attached hydrogens (tertiary/aromatic N) is 5. The number of hydrogen-bond donors (Lipinski definition) is 0. The predicted octanol–water partition coefficient (Wildman–Crippen LogP) is 4.17. The molecule has 0 unspecified atom stereocenters. The smallest absolute Gasteiger partial charge is 0.355 e. The van der Waals surface area contributed by atoms with Crippen LogP contribution < -0.4 is 4.90 Å². The molecule has 4 rings (SSSR count). The lowest BCUT2D eigenvalue weighted by Gasteiger charge is -2.33. The van der Waals surface area contributed by atoms with Crippen LogP contribution in [0.25, 0.3) is 5.65 Å². The lowest BCUT2D eigenvalue weighted by Crippen LogP contribution is -2.37. The summed E-state index contributed by atoms with van der Waals surface area (Å²) in [5.74, 6) is -0.642. The summed E-state index contributed by atoms with van der Waals surface area (Å²) >= 11 is 0. The SMILES string of the molecule is Cc1ccc(C(=O)C2CCN(c3nn4c(C(F)(F)F)nnc4c(C)c3C)CC2)cc1. The van der Waals surface area contributed by atoms with Crippen molar-refractivity contribution in [2.75, 3.05) is 18.0 Å². The highest BCUT2D eigenvalue weighted by atomic mass is 19.4. The molecule has 1 fully saturated rings. The Morgan fingerprint density at radius 1 is 1.00 bits per heavy atom. The van der Waals surface area contributed by atoms with Crippen LogP contribution in [0.5, 0.6) is 0 Å². The molecule has 6 nitrogen and oxygen atoms in total. The quantitative estimate of drug-likeness (QED) is 0.599. The number of Topliss-reactive ketones (excluding diaryl/α,β-unsaturated/α-hetero) is 1. The Kier molecular flexibility index (Phi) is 4.99. The van der Waals surface area contributed by atoms with Crippen molar-refractivity contribution in [2.45, 2.75) is 39.8 Å². The molecule has 2 aromatic heterocycles. The predicted molar refractivity (Wildman–Crippen MR) is 106 cm³/mol. The number of carbonyl (C=O) groups excluding carboxylic acids is 1. The number of carbonyl (C=O) groups is 1. The molecule has 0 amide bonds. The van der Waals surface area contributed by atoms with Gasteiger partial charge in [0, 0.05) is 35.7 Å². The van der Waals surface area contributed by atoms with E-state index >= 15 is 0 Å². The molecule has 1 aliphatic rings. The number of rotatable bonds is 3. The van der Waals surface area contributed by atoms with Gasteiger partial charge in [-0.1, -0.05) is 29.8 Å². The van der Waals surface area contributed by atoms with Crippen LogP contribution in [0, 0.1) is 26.7 Å². The normalized spacial score (nSPS) is 15.7. The highest BCUT2D eigenvalue weighted by Gasteiger charge is 2.38. The van der Waals surface area contributed by atoms with Gasteiger partial charge in [-0.2, -0.15) is 17.7 Å². The Hall–Kier alpha value is -2.97. The molecular weight excluding hydrogens is 395 g/mol. The number of hydrogen-bond acceptors (Lipinski definition) is 5. The molecule has 1 aromatic carbocycles. The maximum Gasteiger partial charge on any atom is 0.453 e. The Bertz CT molecular complexity index is 1100. The van der Waals surface area contributed by atoms with Gasteiger partial charge in [0.1, 0.15) is 0 Å². The second-order valence-corrected chi connectivity index (χ2v) is 7.82. The molecule has 0 saturated carbocycles. The molecule has 0 N–H and O–H groups in total. The lowest BCUT2D eigenvalue weighted by atomic mass is 9.88. The average Bonchev–Trinajstić information content (AvgIpc) is 3.15. The molecule has 0 radical (unpaired) electrons. The number of aromatic nitrogens is 4. The summed E-state index contributed by atoms with van der Waals surface area (Å²) in [6, 6.07) is 7.53. The first kappa shape index (κ1) is 20.3. The third-order valence-electron chi connectivity index (χ3n) is 5.82. The molecule has 1 aliphatic heterocycles. The largest absolute Gasteiger partial charge is 0.453 e. The van der Waals surface area contributed by atoms with Crippen LogP contribution in [0.4, 0.5) is 19.0 Å². The maximum absolute atomic E-state index is 13.3. The standard InChI is InChI=1S/C21H22F3N5O/c1-12-4-6-15(7-5-12)17(30)16-8-10-28(11-9-16)19-14(3)13(2)18-25-26-20(21(22,23)24)29(18)27-19/h4-7,16H,8-11H2,1-3H3. The van der Waals surface area contributed by atoms with Crippen molar-refractivity contribution in [3.8, 4) is 0 Å². The summed E-state index contributed by atoms with van der Waals surface area (Å²) in [6.45, 7) is 6.61. The van der Waals surface area contributed by atoms with Gasteiger partial charge in [0.2, 0.25) is 0 Å². The summed E-state index contributed by atoms with van der Waals surface area (Å²) in [7, 11) is 0. The van der Waals surface area contributed by atoms with Crippen LogP contribution in [0.3, 0.4) is 0 Å². The van der Waals surface area contributed by atoms with E-state index in [-0.39, 0.29) is 17.3 Å². The first-order chi connectivity index (χ1) is 14.2. The Morgan fingerprint density at radius 3 is 2.23 bits per heavy atom. The fourth-order valence-corrected chi connectivity index (χ4v) is 3.90. The van der Waals surface area contributed by atoms with Crippen LogP contribution in [-0.2, 0) is 6.18 Å². The van der Waals surface area contributed by atoms with Gasteiger partial charge in [0.05, 0.1) is 0 Å². The molecule has 3 aromatic rings. The van der Waals surface area contributed by atoms with Crippen molar-refractivity contribution in [1.82, 2.24) is 19.8 Å². The van der Waals surface area contributed by atoms with Gasteiger partial charge in [-0.15, -0.1) is 15.3 Å². The number of anilines is 1. The van der Waals surface area contributed by atoms with E-state index in [0.29, 0.717) is 42.9 Å². The molecule has 0 atom stereocenters. The van der Waals surface area contributed by atoms with Gasteiger partial charge in [-0.05, 0) is 33.6 Å². The Balaban J connectivity index is 1.58. The van der Waals surface area contributed by atoms with Crippen molar-refractivity contribution in [1.29, 1.82) is 0 Å². The zero-order chi connectivity index (χ0) is 21.6. The molecule has 0 bridgehead atoms. The minimum absolute atomic E-state index is 0.102. The summed E-state index contributed by atoms with van der Waals surface area (Å²) in [5.41, 5.74) is 3.28. The summed E-state index contributed by atoms with van der Waals surface area (Å²) in [4.78, 5) is 14.7. The number of piperidine rings is 1. The van der Waals surface area contributed by atoms with E-state index < -0.39 is 12.0 Å². The van der Waals surface area contributed by atoms with Gasteiger partial charge in [-0.3, -0.25) is 4.79 Å². The second kappa shape index (κ2) is 7.37. The molecular formula is C21H22F3N5O. The Morgan fingerprint density at radius 2 is 1.63 bits per heavy atom. The van der Waals surface area contributed by atoms with Gasteiger partial charge in [-0.25, -0.2) is 0 Å². The number of alkyl halides is 3. The van der Waals surface area contributed by atoms with Crippen molar-refractivity contribution in [3.63, 3.8) is 0 Å². The third kappa shape index (κ3) is 3.53. The van der Waals surface area contributed by atoms with E-state index in [9.17, 15) is 18.0 Å². The van der Waals surface area contributed by atoms with Crippen LogP contribution in [0.2, 0.25) is 0 Å². The average molecular weight is 417 g/mol. The van der Waals surface area contributed by atoms with Gasteiger partial charge in [0.15, 0.2) is 17.2 Å². The number of aryl methyl sites for hydroxylation is 2. The zero-order valence-electron chi connectivity index (χ0n) is 17.0. The molecule has 1 saturated heterocycles. The first-order valence-electron chi connectivity index (χ1n) is 9.82. The molecule has 0 spiro atoms. The number of benzene rings is 1. The summed E-state index contributed by atoms with van der Waals surface area (Å²) in [6.07, 6.45) is -3.39. The molecule has 30 heavy (non-hydrogen) atoms. The van der Waals surface area contributed by atoms with Gasteiger partial charge in [0.25, 0.3) is 5.82 Å². The molecule has 158 valence electrons. The van der Waals surface area contributed by atoms with Crippen molar-refractivity contribution < 1.29 is 18.0 Å². The van der Waals surface area contributed by atoms with E-state index in [1.807, 2.05) is 43.0 Å². The van der Waals surface area contributed by atoms with E-state index in [2.05, 4.69) is 15.3 Å². The van der Waals surface area contributed by atoms with Crippen molar-refractivity contribution in [3.05, 3.63) is 52.3 Å². The fourth-order valence-electron chi connectivity index (χ4n) is 3.90. The summed E-state index contributed by atoms with van der Waals surface area (Å²) in [5, 5.41) is 11.2. The van der Waals surface area contributed by atoms with Crippen LogP contribution in [0.1, 0.15) is 45.7 Å². The minimum atomic E-state index is -4.64. The van der Waals surface area contributed by atoms with Gasteiger partial charge < -0.3 is 4.90 Å². The number of halogens is 3.